The average Bonchev–Trinajstić information content (AvgIpc) is 2.68. The lowest BCUT2D eigenvalue weighted by molar-refractivity contribution is -0.146. The number of H-pyrrole nitrogens is 1. The van der Waals surface area contributed by atoms with Crippen molar-refractivity contribution in [3.63, 3.8) is 0 Å². The lowest BCUT2D eigenvalue weighted by atomic mass is 10.1. The Labute approximate surface area is 137 Å². The van der Waals surface area contributed by atoms with E-state index in [9.17, 15) is 30.7 Å². The fourth-order valence-electron chi connectivity index (χ4n) is 1.74. The minimum atomic E-state index is -5.26. The highest BCUT2D eigenvalue weighted by Gasteiger charge is 2.42. The topological polar surface area (TPSA) is 33.6 Å². The summed E-state index contributed by atoms with van der Waals surface area (Å²) in [7, 11) is 0. The van der Waals surface area contributed by atoms with Gasteiger partial charge in [-0.2, -0.15) is 26.3 Å². The van der Waals surface area contributed by atoms with E-state index in [1.54, 1.807) is 5.10 Å². The third kappa shape index (κ3) is 3.17. The van der Waals surface area contributed by atoms with E-state index in [-0.39, 0.29) is 10.6 Å². The zero-order valence-electron chi connectivity index (χ0n) is 10.3. The molecular weight excluding hydrogens is 398 g/mol. The van der Waals surface area contributed by atoms with Crippen LogP contribution in [0.25, 0.3) is 5.69 Å². The molecular formula is C10H2Cl2F7N3S. The van der Waals surface area contributed by atoms with Crippen LogP contribution in [0.2, 0.25) is 10.0 Å². The third-order valence-corrected chi connectivity index (χ3v) is 3.51. The number of alkyl halides is 6. The van der Waals surface area contributed by atoms with Crippen LogP contribution in [0.1, 0.15) is 11.4 Å². The zero-order valence-corrected chi connectivity index (χ0v) is 12.6. The molecule has 0 amide bonds. The number of aromatic amines is 1. The highest BCUT2D eigenvalue weighted by molar-refractivity contribution is 7.71. The largest absolute Gasteiger partial charge is 0.452 e. The highest BCUT2D eigenvalue weighted by atomic mass is 35.5. The van der Waals surface area contributed by atoms with Gasteiger partial charge in [0, 0.05) is 0 Å². The van der Waals surface area contributed by atoms with Crippen molar-refractivity contribution >= 4 is 35.4 Å². The maximum atomic E-state index is 13.5. The Morgan fingerprint density at radius 3 is 2.13 bits per heavy atom. The first-order chi connectivity index (χ1) is 10.4. The van der Waals surface area contributed by atoms with Crippen LogP contribution in [0.5, 0.6) is 0 Å². The third-order valence-electron chi connectivity index (χ3n) is 2.58. The van der Waals surface area contributed by atoms with Gasteiger partial charge in [-0.15, -0.1) is 5.10 Å². The van der Waals surface area contributed by atoms with Gasteiger partial charge < -0.3 is 0 Å². The molecule has 23 heavy (non-hydrogen) atoms. The molecule has 1 heterocycles. The first kappa shape index (κ1) is 18.0. The predicted molar refractivity (Wildman–Crippen MR) is 68.7 cm³/mol. The zero-order chi connectivity index (χ0) is 17.7. The predicted octanol–water partition coefficient (Wildman–Crippen LogP) is 5.41. The Balaban J connectivity index is 2.92. The standard InChI is InChI=1S/C10H2Cl2F7N3S/c11-2-1-3(13)4(9(14,15)16)5(12)6(2)22-7(10(17,18)19)20-21-8(22)23/h1H,(H,21,23). The van der Waals surface area contributed by atoms with Gasteiger partial charge in [0.25, 0.3) is 0 Å². The number of nitrogens with one attached hydrogen (secondary N) is 1. The molecule has 2 aromatic rings. The molecule has 0 aliphatic rings. The Morgan fingerprint density at radius 2 is 1.65 bits per heavy atom. The van der Waals surface area contributed by atoms with Gasteiger partial charge in [-0.25, -0.2) is 4.39 Å². The Morgan fingerprint density at radius 1 is 1.09 bits per heavy atom. The van der Waals surface area contributed by atoms with Crippen LogP contribution in [-0.2, 0) is 12.4 Å². The van der Waals surface area contributed by atoms with E-state index in [4.69, 9.17) is 23.2 Å². The summed E-state index contributed by atoms with van der Waals surface area (Å²) in [5.41, 5.74) is -2.94. The van der Waals surface area contributed by atoms with Crippen LogP contribution in [0.4, 0.5) is 30.7 Å². The molecule has 126 valence electrons. The van der Waals surface area contributed by atoms with Crippen LogP contribution < -0.4 is 0 Å². The van der Waals surface area contributed by atoms with Crippen molar-refractivity contribution < 1.29 is 30.7 Å². The van der Waals surface area contributed by atoms with E-state index < -0.39 is 50.1 Å². The number of halogens is 9. The molecule has 0 saturated carbocycles. The van der Waals surface area contributed by atoms with Crippen molar-refractivity contribution in [3.05, 3.63) is 38.1 Å². The van der Waals surface area contributed by atoms with Gasteiger partial charge in [-0.1, -0.05) is 23.2 Å². The summed E-state index contributed by atoms with van der Waals surface area (Å²) in [5.74, 6) is -3.52. The molecule has 0 bridgehead atoms. The maximum Gasteiger partial charge on any atom is 0.452 e. The SMILES string of the molecule is Fc1cc(Cl)c(-n2c(C(F)(F)F)n[nH]c2=S)c(Cl)c1C(F)(F)F. The normalized spacial score (nSPS) is 12.7. The Hall–Kier alpha value is -1.33. The molecule has 1 N–H and O–H groups in total. The first-order valence-corrected chi connectivity index (χ1v) is 6.51. The van der Waals surface area contributed by atoms with Crippen molar-refractivity contribution in [2.45, 2.75) is 12.4 Å². The molecule has 0 spiro atoms. The molecule has 2 rings (SSSR count). The molecule has 0 fully saturated rings. The lowest BCUT2D eigenvalue weighted by Crippen LogP contribution is -2.17. The van der Waals surface area contributed by atoms with Crippen molar-refractivity contribution in [2.75, 3.05) is 0 Å². The molecule has 1 aromatic heterocycles. The van der Waals surface area contributed by atoms with Crippen LogP contribution in [-0.4, -0.2) is 14.8 Å². The number of nitrogens with zero attached hydrogens (tertiary/aromatic N) is 2. The van der Waals surface area contributed by atoms with E-state index in [0.29, 0.717) is 0 Å². The summed E-state index contributed by atoms with van der Waals surface area (Å²) in [6, 6.07) is 0.195. The minimum Gasteiger partial charge on any atom is -0.261 e. The van der Waals surface area contributed by atoms with Crippen LogP contribution in [0, 0.1) is 10.6 Å². The average molecular weight is 400 g/mol. The highest BCUT2D eigenvalue weighted by Crippen LogP contribution is 2.43. The van der Waals surface area contributed by atoms with Crippen molar-refractivity contribution in [3.8, 4) is 5.69 Å². The molecule has 0 saturated heterocycles. The second-order valence-electron chi connectivity index (χ2n) is 4.06. The number of hydrogen-bond acceptors (Lipinski definition) is 2. The van der Waals surface area contributed by atoms with Crippen LogP contribution >= 0.6 is 35.4 Å². The molecule has 1 aromatic carbocycles. The van der Waals surface area contributed by atoms with Gasteiger partial charge in [-0.3, -0.25) is 9.67 Å². The number of hydrogen-bond donors (Lipinski definition) is 1. The van der Waals surface area contributed by atoms with Crippen LogP contribution in [0.15, 0.2) is 6.07 Å². The summed E-state index contributed by atoms with van der Waals surface area (Å²) >= 11 is 15.6. The number of aromatic nitrogens is 3. The first-order valence-electron chi connectivity index (χ1n) is 5.35. The monoisotopic (exact) mass is 399 g/mol. The molecule has 0 unspecified atom stereocenters. The molecule has 0 aliphatic heterocycles. The summed E-state index contributed by atoms with van der Waals surface area (Å²) in [5, 5.41) is 2.49. The van der Waals surface area contributed by atoms with Gasteiger partial charge in [0.2, 0.25) is 5.82 Å². The molecule has 0 radical (unpaired) electrons. The van der Waals surface area contributed by atoms with Gasteiger partial charge in [0.15, 0.2) is 4.77 Å². The molecule has 0 aliphatic carbocycles. The molecule has 3 nitrogen and oxygen atoms in total. The Bertz CT molecular complexity index is 822. The van der Waals surface area contributed by atoms with Gasteiger partial charge in [0.05, 0.1) is 15.7 Å². The summed E-state index contributed by atoms with van der Waals surface area (Å²) in [6.07, 6.45) is -10.3. The van der Waals surface area contributed by atoms with E-state index in [1.807, 2.05) is 0 Å². The quantitative estimate of drug-likeness (QED) is 0.513. The van der Waals surface area contributed by atoms with Crippen molar-refractivity contribution in [2.24, 2.45) is 0 Å². The van der Waals surface area contributed by atoms with E-state index >= 15 is 0 Å². The summed E-state index contributed by atoms with van der Waals surface area (Å²) in [6.45, 7) is 0. The van der Waals surface area contributed by atoms with Crippen molar-refractivity contribution in [1.82, 2.24) is 14.8 Å². The van der Waals surface area contributed by atoms with E-state index in [1.165, 1.54) is 0 Å². The Kier molecular flexibility index (Phi) is 4.41. The van der Waals surface area contributed by atoms with Gasteiger partial charge >= 0.3 is 12.4 Å². The number of benzene rings is 1. The fourth-order valence-corrected chi connectivity index (χ4v) is 2.67. The second kappa shape index (κ2) is 5.64. The molecule has 13 heteroatoms. The van der Waals surface area contributed by atoms with Gasteiger partial charge in [-0.05, 0) is 18.3 Å². The number of rotatable bonds is 1. The van der Waals surface area contributed by atoms with Gasteiger partial charge in [0.1, 0.15) is 11.4 Å². The molecule has 0 atom stereocenters. The van der Waals surface area contributed by atoms with Crippen molar-refractivity contribution in [1.29, 1.82) is 0 Å². The lowest BCUT2D eigenvalue weighted by Gasteiger charge is -2.17. The fraction of sp³-hybridized carbons (Fsp3) is 0.200. The summed E-state index contributed by atoms with van der Waals surface area (Å²) in [4.78, 5) is 0. The maximum absolute atomic E-state index is 13.5. The summed E-state index contributed by atoms with van der Waals surface area (Å²) < 4.78 is 90.1. The van der Waals surface area contributed by atoms with Crippen LogP contribution in [0.3, 0.4) is 0 Å². The second-order valence-corrected chi connectivity index (χ2v) is 5.23. The van der Waals surface area contributed by atoms with E-state index in [0.717, 1.165) is 0 Å². The smallest absolute Gasteiger partial charge is 0.261 e. The van der Waals surface area contributed by atoms with E-state index in [2.05, 4.69) is 17.3 Å². The minimum absolute atomic E-state index is 0.0642.